The summed E-state index contributed by atoms with van der Waals surface area (Å²) in [5.41, 5.74) is 1.24. The predicted molar refractivity (Wildman–Crippen MR) is 130 cm³/mol. The van der Waals surface area contributed by atoms with Crippen LogP contribution in [0.15, 0.2) is 11.6 Å². The molecule has 200 valence electrons. The predicted octanol–water partition coefficient (Wildman–Crippen LogP) is 0.806. The van der Waals surface area contributed by atoms with Crippen LogP contribution in [-0.2, 0) is 19.3 Å². The van der Waals surface area contributed by atoms with E-state index in [-0.39, 0.29) is 46.8 Å². The Morgan fingerprint density at radius 2 is 1.81 bits per heavy atom. The molecule has 0 aromatic heterocycles. The van der Waals surface area contributed by atoms with Gasteiger partial charge in [-0.25, -0.2) is 8.42 Å². The summed E-state index contributed by atoms with van der Waals surface area (Å²) in [7, 11) is -5.00. The number of rotatable bonds is 6. The van der Waals surface area contributed by atoms with Gasteiger partial charge >= 0.3 is 29.6 Å². The smallest absolute Gasteiger partial charge is 0.726 e. The molecular weight excluding hydrogens is 491 g/mol. The van der Waals surface area contributed by atoms with Crippen LogP contribution in [0.4, 0.5) is 0 Å². The zero-order valence-corrected chi connectivity index (χ0v) is 25.5. The van der Waals surface area contributed by atoms with Crippen molar-refractivity contribution in [2.45, 2.75) is 110 Å². The molecule has 36 heavy (non-hydrogen) atoms. The molecule has 1 saturated heterocycles. The van der Waals surface area contributed by atoms with Crippen molar-refractivity contribution < 1.29 is 61.7 Å². The van der Waals surface area contributed by atoms with E-state index in [1.54, 1.807) is 0 Å². The van der Waals surface area contributed by atoms with Crippen molar-refractivity contribution in [1.82, 2.24) is 0 Å². The molecule has 0 bridgehead atoms. The number of ether oxygens (including phenoxy) is 1. The van der Waals surface area contributed by atoms with Crippen LogP contribution in [0.2, 0.25) is 0 Å². The van der Waals surface area contributed by atoms with Gasteiger partial charge in [0.2, 0.25) is 10.4 Å². The zero-order valence-electron chi connectivity index (χ0n) is 22.7. The van der Waals surface area contributed by atoms with Crippen molar-refractivity contribution in [2.75, 3.05) is 0 Å². The standard InChI is InChI=1S/C27H44O7S.Na/c1-14(2)12-22-24(33-22)15(3)17-8-9-18-16-6-7-20-25(34-35(30,31)32)23(29)21(28)13-27(20,5)19(16)10-11-26(17,18)4;/h6,14-15,17-25,28-29H,7-13H2,1-5H3,(H,30,31,32);/q;+1/p-1/t15-,17+,18-,19-,20-,21+,22-,23-,24-,25-,26+,27+;/m0./s1. The third kappa shape index (κ3) is 4.94. The molecule has 0 radical (unpaired) electrons. The van der Waals surface area contributed by atoms with Crippen molar-refractivity contribution in [2.24, 2.45) is 46.3 Å². The molecule has 0 unspecified atom stereocenters. The third-order valence-electron chi connectivity index (χ3n) is 10.9. The molecule has 1 aliphatic heterocycles. The first-order valence-corrected chi connectivity index (χ1v) is 14.9. The van der Waals surface area contributed by atoms with Crippen LogP contribution in [0.5, 0.6) is 0 Å². The van der Waals surface area contributed by atoms with Gasteiger partial charge in [-0.05, 0) is 91.3 Å². The van der Waals surface area contributed by atoms with E-state index >= 15 is 0 Å². The Morgan fingerprint density at radius 1 is 1.14 bits per heavy atom. The van der Waals surface area contributed by atoms with Crippen LogP contribution in [0.25, 0.3) is 0 Å². The normalized spacial score (nSPS) is 48.8. The van der Waals surface area contributed by atoms with Crippen LogP contribution >= 0.6 is 0 Å². The molecule has 0 aromatic carbocycles. The zero-order chi connectivity index (χ0) is 25.5. The number of fused-ring (bicyclic) bond motifs is 5. The molecule has 7 nitrogen and oxygen atoms in total. The van der Waals surface area contributed by atoms with E-state index in [0.29, 0.717) is 48.7 Å². The van der Waals surface area contributed by atoms with Crippen LogP contribution < -0.4 is 29.6 Å². The summed E-state index contributed by atoms with van der Waals surface area (Å²) in [6.45, 7) is 11.5. The Balaban J connectivity index is 0.00000304. The van der Waals surface area contributed by atoms with Gasteiger partial charge in [-0.15, -0.1) is 0 Å². The molecule has 0 amide bonds. The van der Waals surface area contributed by atoms with E-state index in [1.165, 1.54) is 12.0 Å². The van der Waals surface area contributed by atoms with Gasteiger partial charge < -0.3 is 19.5 Å². The summed E-state index contributed by atoms with van der Waals surface area (Å²) in [6.07, 6.45) is 5.81. The molecule has 9 heteroatoms. The van der Waals surface area contributed by atoms with E-state index in [1.807, 2.05) is 0 Å². The van der Waals surface area contributed by atoms with Gasteiger partial charge in [0.1, 0.15) is 12.2 Å². The monoisotopic (exact) mass is 534 g/mol. The molecule has 0 spiro atoms. The van der Waals surface area contributed by atoms with E-state index in [0.717, 1.165) is 25.7 Å². The van der Waals surface area contributed by atoms with Crippen molar-refractivity contribution >= 4 is 10.4 Å². The fourth-order valence-electron chi connectivity index (χ4n) is 9.28. The van der Waals surface area contributed by atoms with Crippen molar-refractivity contribution in [3.8, 4) is 0 Å². The van der Waals surface area contributed by atoms with Crippen LogP contribution in [0.1, 0.15) is 79.6 Å². The first kappa shape index (κ1) is 29.5. The molecule has 4 fully saturated rings. The quantitative estimate of drug-likeness (QED) is 0.170. The number of aliphatic hydroxyl groups excluding tert-OH is 2. The molecule has 12 atom stereocenters. The molecule has 5 rings (SSSR count). The summed E-state index contributed by atoms with van der Waals surface area (Å²) in [6, 6.07) is 0. The molecule has 4 aliphatic carbocycles. The molecule has 5 aliphatic rings. The summed E-state index contributed by atoms with van der Waals surface area (Å²) < 4.78 is 45.4. The fraction of sp³-hybridized carbons (Fsp3) is 0.926. The van der Waals surface area contributed by atoms with Gasteiger partial charge in [0.05, 0.1) is 18.3 Å². The third-order valence-corrected chi connectivity index (χ3v) is 11.4. The van der Waals surface area contributed by atoms with Crippen molar-refractivity contribution in [3.63, 3.8) is 0 Å². The first-order valence-electron chi connectivity index (χ1n) is 13.6. The summed E-state index contributed by atoms with van der Waals surface area (Å²) in [5.74, 6) is 2.14. The number of hydrogen-bond acceptors (Lipinski definition) is 7. The number of epoxide rings is 1. The van der Waals surface area contributed by atoms with Gasteiger partial charge in [-0.3, -0.25) is 4.18 Å². The molecule has 1 heterocycles. The minimum atomic E-state index is -5.00. The Hall–Kier alpha value is 0.490. The fourth-order valence-corrected chi connectivity index (χ4v) is 9.80. The summed E-state index contributed by atoms with van der Waals surface area (Å²) in [5, 5.41) is 21.2. The SMILES string of the molecule is CC(C)C[C@@H]1O[C@H]1[C@@H](C)[C@H]1CC[C@H]2C3=CC[C@H]4[C@H](OS(=O)(=O)[O-])[C@@H](O)[C@H](O)C[C@]4(C)[C@H]3CC[C@]12C.[Na+]. The Labute approximate surface area is 239 Å². The average molecular weight is 535 g/mol. The van der Waals surface area contributed by atoms with E-state index < -0.39 is 34.1 Å². The Kier molecular flexibility index (Phi) is 8.31. The summed E-state index contributed by atoms with van der Waals surface area (Å²) in [4.78, 5) is 0. The van der Waals surface area contributed by atoms with Crippen molar-refractivity contribution in [3.05, 3.63) is 11.6 Å². The minimum Gasteiger partial charge on any atom is -0.726 e. The maximum atomic E-state index is 11.5. The van der Waals surface area contributed by atoms with E-state index in [4.69, 9.17) is 8.92 Å². The maximum Gasteiger partial charge on any atom is 1.00 e. The van der Waals surface area contributed by atoms with Gasteiger partial charge in [0, 0.05) is 0 Å². The number of aliphatic hydroxyl groups is 2. The average Bonchev–Trinajstić information content (AvgIpc) is 3.40. The molecular formula is C27H43NaO7S. The maximum absolute atomic E-state index is 11.5. The summed E-state index contributed by atoms with van der Waals surface area (Å²) >= 11 is 0. The molecule has 2 N–H and O–H groups in total. The minimum absolute atomic E-state index is 0. The van der Waals surface area contributed by atoms with Crippen LogP contribution in [-0.4, -0.2) is 53.7 Å². The first-order chi connectivity index (χ1) is 16.3. The second-order valence-electron chi connectivity index (χ2n) is 13.2. The second kappa shape index (κ2) is 10.2. The Morgan fingerprint density at radius 3 is 2.44 bits per heavy atom. The van der Waals surface area contributed by atoms with Gasteiger partial charge in [-0.2, -0.15) is 0 Å². The molecule has 3 saturated carbocycles. The van der Waals surface area contributed by atoms with Crippen molar-refractivity contribution in [1.29, 1.82) is 0 Å². The number of hydrogen-bond donors (Lipinski definition) is 2. The van der Waals surface area contributed by atoms with Gasteiger partial charge in [0.15, 0.2) is 0 Å². The topological polar surface area (TPSA) is 119 Å². The van der Waals surface area contributed by atoms with Crippen LogP contribution in [0, 0.1) is 46.3 Å². The van der Waals surface area contributed by atoms with E-state index in [9.17, 15) is 23.2 Å². The number of allylic oxidation sites excluding steroid dienone is 2. The Bertz CT molecular complexity index is 969. The largest absolute Gasteiger partial charge is 1.00 e. The van der Waals surface area contributed by atoms with Gasteiger partial charge in [0.25, 0.3) is 0 Å². The van der Waals surface area contributed by atoms with Crippen LogP contribution in [0.3, 0.4) is 0 Å². The molecule has 0 aromatic rings. The van der Waals surface area contributed by atoms with Gasteiger partial charge in [-0.1, -0.05) is 46.3 Å². The van der Waals surface area contributed by atoms with E-state index in [2.05, 4.69) is 40.7 Å². The second-order valence-corrected chi connectivity index (χ2v) is 14.3.